The molecule has 2 aromatic rings. The molecular formula is C12H13BrN4O2. The van der Waals surface area contributed by atoms with E-state index < -0.39 is 0 Å². The molecule has 0 bridgehead atoms. The zero-order valence-corrected chi connectivity index (χ0v) is 12.1. The van der Waals surface area contributed by atoms with E-state index in [2.05, 4.69) is 36.4 Å². The quantitative estimate of drug-likeness (QED) is 0.904. The van der Waals surface area contributed by atoms with Crippen LogP contribution in [0.3, 0.4) is 0 Å². The normalized spacial score (nSPS) is 10.3. The summed E-state index contributed by atoms with van der Waals surface area (Å²) in [5.74, 6) is 0.973. The number of H-pyrrole nitrogens is 1. The fraction of sp³-hybridized carbons (Fsp3) is 0.250. The van der Waals surface area contributed by atoms with Gasteiger partial charge in [-0.15, -0.1) is 5.10 Å². The average Bonchev–Trinajstić information content (AvgIpc) is 2.88. The van der Waals surface area contributed by atoms with Crippen molar-refractivity contribution in [2.75, 3.05) is 12.4 Å². The summed E-state index contributed by atoms with van der Waals surface area (Å²) >= 11 is 3.34. The van der Waals surface area contributed by atoms with E-state index in [1.165, 1.54) is 0 Å². The first-order valence-corrected chi connectivity index (χ1v) is 6.49. The molecule has 0 fully saturated rings. The smallest absolute Gasteiger partial charge is 0.295 e. The van der Waals surface area contributed by atoms with E-state index in [1.807, 2.05) is 13.0 Å². The molecule has 0 aliphatic heterocycles. The van der Waals surface area contributed by atoms with Gasteiger partial charge in [-0.3, -0.25) is 9.89 Å². The van der Waals surface area contributed by atoms with Crippen LogP contribution in [-0.4, -0.2) is 28.2 Å². The number of aromatic amines is 1. The Morgan fingerprint density at radius 3 is 2.95 bits per heavy atom. The maximum Gasteiger partial charge on any atom is 0.295 e. The molecule has 1 aromatic heterocycles. The molecule has 0 spiro atoms. The molecule has 1 heterocycles. The van der Waals surface area contributed by atoms with E-state index in [9.17, 15) is 4.79 Å². The molecule has 2 rings (SSSR count). The number of amides is 1. The van der Waals surface area contributed by atoms with Crippen molar-refractivity contribution in [2.24, 2.45) is 0 Å². The Morgan fingerprint density at radius 2 is 2.32 bits per heavy atom. The Hall–Kier alpha value is -1.89. The summed E-state index contributed by atoms with van der Waals surface area (Å²) in [6.45, 7) is 1.93. The number of ether oxygens (including phenoxy) is 1. The first-order valence-electron chi connectivity index (χ1n) is 5.70. The minimum absolute atomic E-state index is 0.110. The molecule has 0 atom stereocenters. The van der Waals surface area contributed by atoms with Gasteiger partial charge < -0.3 is 10.1 Å². The number of benzene rings is 1. The third kappa shape index (κ3) is 3.11. The fourth-order valence-corrected chi connectivity index (χ4v) is 1.87. The van der Waals surface area contributed by atoms with Crippen LogP contribution in [0.1, 0.15) is 23.4 Å². The second kappa shape index (κ2) is 5.83. The van der Waals surface area contributed by atoms with E-state index >= 15 is 0 Å². The predicted octanol–water partition coefficient (Wildman–Crippen LogP) is 2.39. The van der Waals surface area contributed by atoms with Crippen LogP contribution in [-0.2, 0) is 6.42 Å². The number of aryl methyl sites for hydroxylation is 1. The molecule has 0 saturated carbocycles. The van der Waals surface area contributed by atoms with Crippen molar-refractivity contribution in [1.29, 1.82) is 0 Å². The second-order valence-corrected chi connectivity index (χ2v) is 4.67. The summed E-state index contributed by atoms with van der Waals surface area (Å²) < 4.78 is 6.02. The third-order valence-corrected chi connectivity index (χ3v) is 2.97. The van der Waals surface area contributed by atoms with Crippen LogP contribution >= 0.6 is 15.9 Å². The number of nitrogens with zero attached hydrogens (tertiary/aromatic N) is 2. The number of anilines is 1. The zero-order chi connectivity index (χ0) is 13.8. The highest BCUT2D eigenvalue weighted by atomic mass is 79.9. The lowest BCUT2D eigenvalue weighted by atomic mass is 10.3. The molecule has 1 amide bonds. The van der Waals surface area contributed by atoms with Gasteiger partial charge >= 0.3 is 0 Å². The van der Waals surface area contributed by atoms with Crippen LogP contribution in [0.5, 0.6) is 5.75 Å². The van der Waals surface area contributed by atoms with Gasteiger partial charge in [0.1, 0.15) is 11.6 Å². The molecule has 0 unspecified atom stereocenters. The van der Waals surface area contributed by atoms with E-state index in [0.29, 0.717) is 23.7 Å². The first kappa shape index (κ1) is 13.5. The van der Waals surface area contributed by atoms with Crippen LogP contribution in [0.25, 0.3) is 0 Å². The molecule has 6 nitrogen and oxygen atoms in total. The van der Waals surface area contributed by atoms with Crippen LogP contribution in [0, 0.1) is 0 Å². The van der Waals surface area contributed by atoms with E-state index in [0.717, 1.165) is 4.47 Å². The van der Waals surface area contributed by atoms with Crippen molar-refractivity contribution in [2.45, 2.75) is 13.3 Å². The highest BCUT2D eigenvalue weighted by Gasteiger charge is 2.14. The van der Waals surface area contributed by atoms with Crippen molar-refractivity contribution in [3.63, 3.8) is 0 Å². The standard InChI is InChI=1S/C12H13BrN4O2/c1-3-10-15-11(17-16-10)12(18)14-8-6-7(13)4-5-9(8)19-2/h4-6H,3H2,1-2H3,(H,14,18)(H,15,16,17). The highest BCUT2D eigenvalue weighted by Crippen LogP contribution is 2.28. The molecule has 7 heteroatoms. The maximum absolute atomic E-state index is 12.0. The number of nitrogens with one attached hydrogen (secondary N) is 2. The predicted molar refractivity (Wildman–Crippen MR) is 74.4 cm³/mol. The van der Waals surface area contributed by atoms with Crippen LogP contribution in [0.4, 0.5) is 5.69 Å². The number of carbonyl (C=O) groups is 1. The second-order valence-electron chi connectivity index (χ2n) is 3.76. The molecule has 19 heavy (non-hydrogen) atoms. The van der Waals surface area contributed by atoms with Crippen molar-refractivity contribution >= 4 is 27.5 Å². The maximum atomic E-state index is 12.0. The van der Waals surface area contributed by atoms with Gasteiger partial charge in [-0.1, -0.05) is 22.9 Å². The highest BCUT2D eigenvalue weighted by molar-refractivity contribution is 9.10. The van der Waals surface area contributed by atoms with Crippen molar-refractivity contribution in [3.8, 4) is 5.75 Å². The molecule has 0 aliphatic rings. The average molecular weight is 325 g/mol. The Labute approximate surface area is 118 Å². The molecule has 2 N–H and O–H groups in total. The van der Waals surface area contributed by atoms with Crippen molar-refractivity contribution < 1.29 is 9.53 Å². The molecule has 1 aromatic carbocycles. The molecule has 0 aliphatic carbocycles. The molecular weight excluding hydrogens is 312 g/mol. The Morgan fingerprint density at radius 1 is 1.53 bits per heavy atom. The molecule has 0 radical (unpaired) electrons. The zero-order valence-electron chi connectivity index (χ0n) is 10.5. The monoisotopic (exact) mass is 324 g/mol. The van der Waals surface area contributed by atoms with Crippen LogP contribution < -0.4 is 10.1 Å². The van der Waals surface area contributed by atoms with Crippen LogP contribution in [0.2, 0.25) is 0 Å². The van der Waals surface area contributed by atoms with E-state index in [-0.39, 0.29) is 11.7 Å². The summed E-state index contributed by atoms with van der Waals surface area (Å²) in [7, 11) is 1.54. The first-order chi connectivity index (χ1) is 9.13. The van der Waals surface area contributed by atoms with Gasteiger partial charge in [-0.05, 0) is 18.2 Å². The summed E-state index contributed by atoms with van der Waals surface area (Å²) in [4.78, 5) is 16.1. The minimum atomic E-state index is -0.382. The number of hydrogen-bond acceptors (Lipinski definition) is 4. The largest absolute Gasteiger partial charge is 0.495 e. The summed E-state index contributed by atoms with van der Waals surface area (Å²) in [6.07, 6.45) is 0.695. The SMILES string of the molecule is CCc1nc(C(=O)Nc2cc(Br)ccc2OC)n[nH]1. The minimum Gasteiger partial charge on any atom is -0.495 e. The van der Waals surface area contributed by atoms with Crippen LogP contribution in [0.15, 0.2) is 22.7 Å². The van der Waals surface area contributed by atoms with Gasteiger partial charge in [-0.2, -0.15) is 0 Å². The summed E-state index contributed by atoms with van der Waals surface area (Å²) in [6, 6.07) is 5.34. The Kier molecular flexibility index (Phi) is 4.16. The molecule has 100 valence electrons. The van der Waals surface area contributed by atoms with E-state index in [4.69, 9.17) is 4.74 Å². The number of aromatic nitrogens is 3. The fourth-order valence-electron chi connectivity index (χ4n) is 1.51. The van der Waals surface area contributed by atoms with Gasteiger partial charge in [0.2, 0.25) is 5.82 Å². The summed E-state index contributed by atoms with van der Waals surface area (Å²) in [5.41, 5.74) is 0.560. The third-order valence-electron chi connectivity index (χ3n) is 2.48. The number of halogens is 1. The number of methoxy groups -OCH3 is 1. The lowest BCUT2D eigenvalue weighted by Gasteiger charge is -2.09. The number of rotatable bonds is 4. The number of carbonyl (C=O) groups excluding carboxylic acids is 1. The van der Waals surface area contributed by atoms with Crippen molar-refractivity contribution in [3.05, 3.63) is 34.3 Å². The number of hydrogen-bond donors (Lipinski definition) is 2. The van der Waals surface area contributed by atoms with Gasteiger partial charge in [0, 0.05) is 10.9 Å². The van der Waals surface area contributed by atoms with Crippen molar-refractivity contribution in [1.82, 2.24) is 15.2 Å². The lowest BCUT2D eigenvalue weighted by molar-refractivity contribution is 0.101. The van der Waals surface area contributed by atoms with Gasteiger partial charge in [-0.25, -0.2) is 4.98 Å². The van der Waals surface area contributed by atoms with Gasteiger partial charge in [0.05, 0.1) is 12.8 Å². The topological polar surface area (TPSA) is 79.9 Å². The summed E-state index contributed by atoms with van der Waals surface area (Å²) in [5, 5.41) is 9.28. The van der Waals surface area contributed by atoms with Gasteiger partial charge in [0.25, 0.3) is 5.91 Å². The molecule has 0 saturated heterocycles. The Bertz CT molecular complexity index is 597. The lowest BCUT2D eigenvalue weighted by Crippen LogP contribution is -2.14. The van der Waals surface area contributed by atoms with Gasteiger partial charge in [0.15, 0.2) is 0 Å². The van der Waals surface area contributed by atoms with E-state index in [1.54, 1.807) is 19.2 Å². The Balaban J connectivity index is 2.20.